The van der Waals surface area contributed by atoms with Crippen LogP contribution in [0.25, 0.3) is 0 Å². The predicted molar refractivity (Wildman–Crippen MR) is 71.2 cm³/mol. The van der Waals surface area contributed by atoms with E-state index in [9.17, 15) is 0 Å². The van der Waals surface area contributed by atoms with Crippen molar-refractivity contribution in [2.24, 2.45) is 4.99 Å². The Hall–Kier alpha value is -0.400. The smallest absolute Gasteiger partial charge is 0.171 e. The van der Waals surface area contributed by atoms with Gasteiger partial charge in [-0.15, -0.1) is 23.5 Å². The Morgan fingerprint density at radius 1 is 0.938 bits per heavy atom. The second kappa shape index (κ2) is 4.46. The Bertz CT molecular complexity index is 401. The van der Waals surface area contributed by atoms with Crippen LogP contribution in [0.1, 0.15) is 41.5 Å². The van der Waals surface area contributed by atoms with Gasteiger partial charge >= 0.3 is 0 Å². The molecule has 2 nitrogen and oxygen atoms in total. The van der Waals surface area contributed by atoms with E-state index in [1.54, 1.807) is 23.5 Å². The van der Waals surface area contributed by atoms with Gasteiger partial charge in [-0.3, -0.25) is 0 Å². The van der Waals surface area contributed by atoms with Crippen LogP contribution < -0.4 is 5.36 Å². The van der Waals surface area contributed by atoms with E-state index in [0.29, 0.717) is 0 Å². The maximum Gasteiger partial charge on any atom is 0.206 e. The topological polar surface area (TPSA) is 36.1 Å². The number of rotatable bonds is 2. The van der Waals surface area contributed by atoms with Crippen LogP contribution in [0.15, 0.2) is 14.8 Å². The fraction of sp³-hybridized carbons (Fsp3) is 0.667. The number of thioether (sulfide) groups is 2. The lowest BCUT2D eigenvalue weighted by atomic mass is 10.3. The van der Waals surface area contributed by atoms with Crippen molar-refractivity contribution < 1.29 is 0 Å². The minimum Gasteiger partial charge on any atom is -0.171 e. The third kappa shape index (κ3) is 4.23. The number of nitriles is 1. The molecule has 16 heavy (non-hydrogen) atoms. The minimum atomic E-state index is 0.172. The van der Waals surface area contributed by atoms with Crippen molar-refractivity contribution in [2.75, 3.05) is 0 Å². The lowest BCUT2D eigenvalue weighted by Crippen LogP contribution is -2.06. The van der Waals surface area contributed by atoms with Crippen molar-refractivity contribution in [1.29, 1.82) is 5.26 Å². The lowest BCUT2D eigenvalue weighted by Gasteiger charge is -2.16. The second-order valence-electron chi connectivity index (χ2n) is 5.65. The molecule has 0 saturated heterocycles. The molecule has 0 fully saturated rings. The van der Waals surface area contributed by atoms with Gasteiger partial charge in [-0.25, -0.2) is 0 Å². The van der Waals surface area contributed by atoms with Crippen LogP contribution >= 0.6 is 23.5 Å². The molecule has 0 amide bonds. The normalized spacial score (nSPS) is 12.8. The van der Waals surface area contributed by atoms with Gasteiger partial charge in [0.05, 0.1) is 9.79 Å². The summed E-state index contributed by atoms with van der Waals surface area (Å²) in [4.78, 5) is 6.28. The first-order valence-corrected chi connectivity index (χ1v) is 6.87. The Labute approximate surface area is 106 Å². The molecule has 1 aromatic rings. The third-order valence-corrected chi connectivity index (χ3v) is 4.11. The van der Waals surface area contributed by atoms with E-state index in [1.165, 1.54) is 9.79 Å². The van der Waals surface area contributed by atoms with Crippen molar-refractivity contribution in [2.45, 2.75) is 60.8 Å². The molecule has 1 rings (SSSR count). The van der Waals surface area contributed by atoms with Crippen LogP contribution in [-0.2, 0) is 0 Å². The van der Waals surface area contributed by atoms with E-state index < -0.39 is 0 Å². The van der Waals surface area contributed by atoms with Gasteiger partial charge in [0.15, 0.2) is 0 Å². The molecule has 0 atom stereocenters. The second-order valence-corrected chi connectivity index (χ2v) is 9.32. The molecule has 0 heterocycles. The Morgan fingerprint density at radius 2 is 1.31 bits per heavy atom. The molecule has 0 aliphatic carbocycles. The average molecular weight is 254 g/mol. The highest BCUT2D eigenvalue weighted by atomic mass is 32.2. The molecule has 0 spiro atoms. The first kappa shape index (κ1) is 13.7. The van der Waals surface area contributed by atoms with Crippen LogP contribution in [0.5, 0.6) is 0 Å². The summed E-state index contributed by atoms with van der Waals surface area (Å²) in [6, 6.07) is 0. The molecule has 0 aromatic heterocycles. The van der Waals surface area contributed by atoms with E-state index in [4.69, 9.17) is 5.26 Å². The first-order chi connectivity index (χ1) is 7.14. The molecule has 0 aliphatic rings. The standard InChI is InChI=1S/C12H18N2S2/c1-11(2,3)15-9-8(14-7-13)10(9)16-12(4,5)6/h1-6H3. The molecule has 1 aromatic carbocycles. The first-order valence-electron chi connectivity index (χ1n) is 5.24. The molecule has 0 N–H and O–H groups in total. The van der Waals surface area contributed by atoms with Crippen molar-refractivity contribution in [3.8, 4) is 6.19 Å². The molecular formula is C12H18N2S2. The third-order valence-electron chi connectivity index (χ3n) is 1.55. The van der Waals surface area contributed by atoms with Crippen molar-refractivity contribution in [1.82, 2.24) is 0 Å². The number of hydrogen-bond acceptors (Lipinski definition) is 4. The van der Waals surface area contributed by atoms with Crippen molar-refractivity contribution in [3.05, 3.63) is 5.36 Å². The molecule has 0 saturated carbocycles. The summed E-state index contributed by atoms with van der Waals surface area (Å²) < 4.78 is 0.345. The zero-order chi connectivity index (χ0) is 12.6. The number of hydrogen-bond donors (Lipinski definition) is 0. The van der Waals surface area contributed by atoms with Gasteiger partial charge in [0.1, 0.15) is 5.36 Å². The molecule has 88 valence electrons. The van der Waals surface area contributed by atoms with E-state index in [0.717, 1.165) is 5.36 Å². The van der Waals surface area contributed by atoms with Crippen LogP contribution in [0.3, 0.4) is 0 Å². The van der Waals surface area contributed by atoms with E-state index >= 15 is 0 Å². The largest absolute Gasteiger partial charge is 0.206 e. The Kier molecular flexibility index (Phi) is 3.81. The van der Waals surface area contributed by atoms with Gasteiger partial charge in [-0.1, -0.05) is 41.5 Å². The average Bonchev–Trinajstić information content (AvgIpc) is 2.58. The summed E-state index contributed by atoms with van der Waals surface area (Å²) in [5.41, 5.74) is 0. The summed E-state index contributed by atoms with van der Waals surface area (Å²) in [6.45, 7) is 13.0. The Morgan fingerprint density at radius 3 is 1.56 bits per heavy atom. The lowest BCUT2D eigenvalue weighted by molar-refractivity contribution is 0.800. The molecule has 0 unspecified atom stereocenters. The van der Waals surface area contributed by atoms with Gasteiger partial charge in [-0.2, -0.15) is 10.3 Å². The van der Waals surface area contributed by atoms with Crippen LogP contribution in [0.2, 0.25) is 0 Å². The summed E-state index contributed by atoms with van der Waals surface area (Å²) >= 11 is 3.59. The minimum absolute atomic E-state index is 0.172. The quantitative estimate of drug-likeness (QED) is 0.596. The van der Waals surface area contributed by atoms with Gasteiger partial charge < -0.3 is 0 Å². The van der Waals surface area contributed by atoms with Crippen LogP contribution in [0.4, 0.5) is 0 Å². The SMILES string of the molecule is CC(C)(C)Sc1c(SC(C)(C)C)c1=NC#N. The van der Waals surface area contributed by atoms with Gasteiger partial charge in [0.2, 0.25) is 6.19 Å². The van der Waals surface area contributed by atoms with Gasteiger partial charge in [0.25, 0.3) is 0 Å². The zero-order valence-corrected chi connectivity index (χ0v) is 12.3. The van der Waals surface area contributed by atoms with E-state index in [1.807, 2.05) is 6.19 Å². The molecule has 0 radical (unpaired) electrons. The van der Waals surface area contributed by atoms with E-state index in [-0.39, 0.29) is 9.49 Å². The molecule has 0 aliphatic heterocycles. The molecule has 4 heteroatoms. The van der Waals surface area contributed by atoms with E-state index in [2.05, 4.69) is 46.5 Å². The van der Waals surface area contributed by atoms with Crippen LogP contribution in [0, 0.1) is 11.5 Å². The highest BCUT2D eigenvalue weighted by molar-refractivity contribution is 8.04. The van der Waals surface area contributed by atoms with Crippen molar-refractivity contribution in [3.63, 3.8) is 0 Å². The molecular weight excluding hydrogens is 236 g/mol. The summed E-state index contributed by atoms with van der Waals surface area (Å²) in [5, 5.41) is 9.53. The number of nitrogens with zero attached hydrogens (tertiary/aromatic N) is 2. The fourth-order valence-electron chi connectivity index (χ4n) is 1.10. The Balaban J connectivity index is 2.87. The highest BCUT2D eigenvalue weighted by Gasteiger charge is 2.29. The zero-order valence-electron chi connectivity index (χ0n) is 10.7. The highest BCUT2D eigenvalue weighted by Crippen LogP contribution is 2.44. The van der Waals surface area contributed by atoms with Gasteiger partial charge in [0, 0.05) is 9.49 Å². The maximum atomic E-state index is 8.63. The maximum absolute atomic E-state index is 8.63. The molecule has 0 bridgehead atoms. The van der Waals surface area contributed by atoms with Crippen LogP contribution in [-0.4, -0.2) is 9.49 Å². The predicted octanol–water partition coefficient (Wildman–Crippen LogP) is 3.73. The monoisotopic (exact) mass is 254 g/mol. The van der Waals surface area contributed by atoms with Gasteiger partial charge in [-0.05, 0) is 0 Å². The summed E-state index contributed by atoms with van der Waals surface area (Å²) in [6.07, 6.45) is 1.88. The summed E-state index contributed by atoms with van der Waals surface area (Å²) in [5.74, 6) is 0. The fourth-order valence-corrected chi connectivity index (χ4v) is 3.40. The van der Waals surface area contributed by atoms with Crippen molar-refractivity contribution >= 4 is 23.5 Å². The summed E-state index contributed by atoms with van der Waals surface area (Å²) in [7, 11) is 0.